The zero-order valence-electron chi connectivity index (χ0n) is 21.1. The van der Waals surface area contributed by atoms with Crippen molar-refractivity contribution in [3.8, 4) is 23.0 Å². The van der Waals surface area contributed by atoms with Gasteiger partial charge in [0.25, 0.3) is 0 Å². The number of carboxylic acids is 1. The molecule has 0 saturated carbocycles. The third-order valence-corrected chi connectivity index (χ3v) is 7.48. The predicted octanol–water partition coefficient (Wildman–Crippen LogP) is 6.90. The Balaban J connectivity index is 1.90. The highest BCUT2D eigenvalue weighted by atomic mass is 16.4. The van der Waals surface area contributed by atoms with Crippen molar-refractivity contribution in [1.82, 2.24) is 0 Å². The lowest BCUT2D eigenvalue weighted by Gasteiger charge is -2.39. The van der Waals surface area contributed by atoms with Gasteiger partial charge in [0.15, 0.2) is 0 Å². The van der Waals surface area contributed by atoms with Crippen molar-refractivity contribution in [1.29, 1.82) is 0 Å². The Hall–Kier alpha value is -5.49. The van der Waals surface area contributed by atoms with E-state index in [4.69, 9.17) is 0 Å². The number of hydrogen-bond acceptors (Lipinski definition) is 5. The van der Waals surface area contributed by atoms with E-state index in [1.807, 2.05) is 30.3 Å². The summed E-state index contributed by atoms with van der Waals surface area (Å²) < 4.78 is 0. The number of phenols is 4. The number of carboxylic acid groups (broad SMARTS) is 1. The number of benzene rings is 6. The molecular formula is C34H24O6. The van der Waals surface area contributed by atoms with Crippen LogP contribution in [0.15, 0.2) is 115 Å². The largest absolute Gasteiger partial charge is 0.508 e. The molecule has 0 spiro atoms. The summed E-state index contributed by atoms with van der Waals surface area (Å²) in [6, 6.07) is 32.0. The van der Waals surface area contributed by atoms with Crippen LogP contribution in [0.25, 0.3) is 21.5 Å². The first-order valence-electron chi connectivity index (χ1n) is 12.6. The molecule has 0 heterocycles. The monoisotopic (exact) mass is 528 g/mol. The quantitative estimate of drug-likeness (QED) is 0.155. The molecule has 0 bridgehead atoms. The van der Waals surface area contributed by atoms with Gasteiger partial charge in [-0.1, -0.05) is 66.7 Å². The molecule has 0 aromatic heterocycles. The lowest BCUT2D eigenvalue weighted by molar-refractivity contribution is 0.0697. The Morgan fingerprint density at radius 3 is 1.48 bits per heavy atom. The second kappa shape index (κ2) is 9.36. The molecular weight excluding hydrogens is 504 g/mol. The van der Waals surface area contributed by atoms with E-state index >= 15 is 0 Å². The van der Waals surface area contributed by atoms with E-state index in [0.29, 0.717) is 43.8 Å². The fraction of sp³-hybridized carbons (Fsp3) is 0.0294. The lowest BCUT2D eigenvalue weighted by Crippen LogP contribution is -2.32. The van der Waals surface area contributed by atoms with Crippen LogP contribution in [0.2, 0.25) is 0 Å². The maximum absolute atomic E-state index is 11.8. The van der Waals surface area contributed by atoms with Gasteiger partial charge in [-0.05, 0) is 81.2 Å². The normalized spacial score (nSPS) is 11.6. The number of fused-ring (bicyclic) bond motifs is 2. The number of aromatic carboxylic acids is 1. The first-order valence-corrected chi connectivity index (χ1v) is 12.6. The molecule has 0 amide bonds. The highest BCUT2D eigenvalue weighted by Gasteiger charge is 2.44. The van der Waals surface area contributed by atoms with Crippen LogP contribution in [0, 0.1) is 0 Å². The molecule has 40 heavy (non-hydrogen) atoms. The van der Waals surface area contributed by atoms with Gasteiger partial charge in [-0.2, -0.15) is 0 Å². The topological polar surface area (TPSA) is 118 Å². The van der Waals surface area contributed by atoms with Gasteiger partial charge >= 0.3 is 5.97 Å². The van der Waals surface area contributed by atoms with Gasteiger partial charge < -0.3 is 25.5 Å². The second-order valence-electron chi connectivity index (χ2n) is 9.73. The Bertz CT molecular complexity index is 1820. The van der Waals surface area contributed by atoms with E-state index in [2.05, 4.69) is 0 Å². The fourth-order valence-electron chi connectivity index (χ4n) is 5.82. The molecule has 196 valence electrons. The van der Waals surface area contributed by atoms with E-state index < -0.39 is 11.4 Å². The molecule has 0 radical (unpaired) electrons. The minimum atomic E-state index is -1.38. The van der Waals surface area contributed by atoms with Crippen LogP contribution in [-0.2, 0) is 5.41 Å². The first kappa shape index (κ1) is 24.8. The minimum Gasteiger partial charge on any atom is -0.508 e. The van der Waals surface area contributed by atoms with E-state index in [0.717, 1.165) is 0 Å². The average Bonchev–Trinajstić information content (AvgIpc) is 2.96. The Morgan fingerprint density at radius 2 is 1.00 bits per heavy atom. The third-order valence-electron chi connectivity index (χ3n) is 7.48. The van der Waals surface area contributed by atoms with Crippen LogP contribution in [-0.4, -0.2) is 31.5 Å². The smallest absolute Gasteiger partial charge is 0.335 e. The molecule has 0 unspecified atom stereocenters. The number of phenolic OH excluding ortho intramolecular Hbond substituents is 4. The van der Waals surface area contributed by atoms with Crippen molar-refractivity contribution in [3.63, 3.8) is 0 Å². The van der Waals surface area contributed by atoms with Crippen molar-refractivity contribution in [3.05, 3.63) is 143 Å². The second-order valence-corrected chi connectivity index (χ2v) is 9.73. The fourth-order valence-corrected chi connectivity index (χ4v) is 5.82. The maximum Gasteiger partial charge on any atom is 0.335 e. The third kappa shape index (κ3) is 3.77. The summed E-state index contributed by atoms with van der Waals surface area (Å²) in [7, 11) is 0. The van der Waals surface area contributed by atoms with Crippen LogP contribution >= 0.6 is 0 Å². The Kier molecular flexibility index (Phi) is 5.81. The Morgan fingerprint density at radius 1 is 0.525 bits per heavy atom. The zero-order valence-corrected chi connectivity index (χ0v) is 21.1. The molecule has 6 nitrogen and oxygen atoms in total. The number of hydrogen-bond donors (Lipinski definition) is 5. The van der Waals surface area contributed by atoms with Crippen LogP contribution < -0.4 is 0 Å². The Labute approximate surface area is 229 Å². The highest BCUT2D eigenvalue weighted by Crippen LogP contribution is 2.55. The van der Waals surface area contributed by atoms with Gasteiger partial charge in [0.2, 0.25) is 0 Å². The summed E-state index contributed by atoms with van der Waals surface area (Å²) in [4.78, 5) is 11.8. The summed E-state index contributed by atoms with van der Waals surface area (Å²) in [6.07, 6.45) is 0. The van der Waals surface area contributed by atoms with Crippen molar-refractivity contribution < 1.29 is 30.3 Å². The summed E-state index contributed by atoms with van der Waals surface area (Å²) in [5.74, 6) is -1.07. The average molecular weight is 529 g/mol. The summed E-state index contributed by atoms with van der Waals surface area (Å²) in [5, 5.41) is 56.0. The molecule has 0 aliphatic carbocycles. The molecule has 6 aromatic rings. The summed E-state index contributed by atoms with van der Waals surface area (Å²) in [5.41, 5.74) is 0.884. The summed E-state index contributed by atoms with van der Waals surface area (Å²) >= 11 is 0. The van der Waals surface area contributed by atoms with E-state index in [-0.39, 0.29) is 28.6 Å². The van der Waals surface area contributed by atoms with Crippen LogP contribution in [0.4, 0.5) is 0 Å². The van der Waals surface area contributed by atoms with Gasteiger partial charge in [0.05, 0.1) is 11.0 Å². The van der Waals surface area contributed by atoms with E-state index in [1.165, 1.54) is 24.3 Å². The van der Waals surface area contributed by atoms with Gasteiger partial charge in [-0.15, -0.1) is 0 Å². The molecule has 0 aliphatic rings. The molecule has 5 N–H and O–H groups in total. The zero-order chi connectivity index (χ0) is 28.0. The minimum absolute atomic E-state index is 0.0560. The highest BCUT2D eigenvalue weighted by molar-refractivity contribution is 5.97. The van der Waals surface area contributed by atoms with E-state index in [1.54, 1.807) is 60.7 Å². The van der Waals surface area contributed by atoms with Gasteiger partial charge in [0, 0.05) is 11.1 Å². The first-order chi connectivity index (χ1) is 19.3. The molecule has 0 atom stereocenters. The van der Waals surface area contributed by atoms with Crippen molar-refractivity contribution in [2.24, 2.45) is 0 Å². The van der Waals surface area contributed by atoms with Crippen molar-refractivity contribution in [2.75, 3.05) is 0 Å². The van der Waals surface area contributed by atoms with Gasteiger partial charge in [-0.25, -0.2) is 4.79 Å². The van der Waals surface area contributed by atoms with Crippen molar-refractivity contribution in [2.45, 2.75) is 5.41 Å². The van der Waals surface area contributed by atoms with Crippen molar-refractivity contribution >= 4 is 27.5 Å². The lowest BCUT2D eigenvalue weighted by atomic mass is 9.62. The van der Waals surface area contributed by atoms with Crippen LogP contribution in [0.1, 0.15) is 32.6 Å². The maximum atomic E-state index is 11.8. The van der Waals surface area contributed by atoms with Gasteiger partial charge in [-0.3, -0.25) is 0 Å². The molecule has 0 fully saturated rings. The molecule has 0 saturated heterocycles. The molecule has 6 heteroatoms. The molecule has 6 aromatic carbocycles. The van der Waals surface area contributed by atoms with Crippen LogP contribution in [0.5, 0.6) is 23.0 Å². The summed E-state index contributed by atoms with van der Waals surface area (Å²) in [6.45, 7) is 0. The number of rotatable bonds is 5. The molecule has 6 rings (SSSR count). The van der Waals surface area contributed by atoms with Gasteiger partial charge in [0.1, 0.15) is 23.0 Å². The molecule has 0 aliphatic heterocycles. The standard InChI is InChI=1S/C34H24O6/c35-25-12-14-27-21(18-25)8-16-29(37)31(27)34(23-4-2-1-3-5-23,24-10-6-20(7-11-24)33(39)40)32-28-15-13-26(36)19-22(28)9-17-30(32)38/h1-19,35-38H,(H,39,40). The predicted molar refractivity (Wildman–Crippen MR) is 153 cm³/mol. The SMILES string of the molecule is O=C(O)c1ccc(C(c2ccccc2)(c2c(O)ccc3cc(O)ccc23)c2c(O)ccc3cc(O)ccc23)cc1. The van der Waals surface area contributed by atoms with E-state index in [9.17, 15) is 30.3 Å². The number of aromatic hydroxyl groups is 4. The van der Waals surface area contributed by atoms with Crippen LogP contribution in [0.3, 0.4) is 0 Å². The number of carbonyl (C=O) groups is 1.